The highest BCUT2D eigenvalue weighted by atomic mass is 32.2. The molecule has 70 valence electrons. The summed E-state index contributed by atoms with van der Waals surface area (Å²) in [7, 11) is 1.37. The van der Waals surface area contributed by atoms with E-state index in [-0.39, 0.29) is 5.97 Å². The van der Waals surface area contributed by atoms with E-state index in [2.05, 4.69) is 9.72 Å². The highest BCUT2D eigenvalue weighted by Crippen LogP contribution is 2.12. The van der Waals surface area contributed by atoms with Crippen molar-refractivity contribution in [3.8, 4) is 0 Å². The monoisotopic (exact) mass is 197 g/mol. The van der Waals surface area contributed by atoms with Gasteiger partial charge < -0.3 is 4.74 Å². The molecule has 13 heavy (non-hydrogen) atoms. The Hall–Kier alpha value is -1.03. The average Bonchev–Trinajstić information content (AvgIpc) is 2.18. The van der Waals surface area contributed by atoms with Gasteiger partial charge >= 0.3 is 5.97 Å². The number of carbonyl (C=O) groups excluding carboxylic acids is 1. The van der Waals surface area contributed by atoms with Crippen molar-refractivity contribution < 1.29 is 9.53 Å². The molecule has 0 unspecified atom stereocenters. The van der Waals surface area contributed by atoms with Crippen molar-refractivity contribution in [2.75, 3.05) is 13.4 Å². The summed E-state index contributed by atoms with van der Waals surface area (Å²) >= 11 is 1.63. The number of rotatable bonds is 3. The van der Waals surface area contributed by atoms with Crippen molar-refractivity contribution >= 4 is 17.7 Å². The molecule has 1 aromatic heterocycles. The Balaban J connectivity index is 2.97. The van der Waals surface area contributed by atoms with Crippen molar-refractivity contribution in [2.45, 2.75) is 5.75 Å². The summed E-state index contributed by atoms with van der Waals surface area (Å²) in [5.74, 6) is 0.405. The third-order valence-corrected chi connectivity index (χ3v) is 2.14. The average molecular weight is 197 g/mol. The van der Waals surface area contributed by atoms with Crippen LogP contribution in [0.3, 0.4) is 0 Å². The van der Waals surface area contributed by atoms with E-state index in [0.717, 1.165) is 11.4 Å². The van der Waals surface area contributed by atoms with Gasteiger partial charge in [-0.2, -0.15) is 11.8 Å². The molecule has 0 fully saturated rings. The number of thioether (sulfide) groups is 1. The highest BCUT2D eigenvalue weighted by Gasteiger charge is 2.10. The first-order chi connectivity index (χ1) is 6.29. The van der Waals surface area contributed by atoms with Crippen molar-refractivity contribution in [3.63, 3.8) is 0 Å². The lowest BCUT2D eigenvalue weighted by atomic mass is 10.2. The van der Waals surface area contributed by atoms with E-state index in [1.54, 1.807) is 30.1 Å². The Kier molecular flexibility index (Phi) is 3.76. The van der Waals surface area contributed by atoms with Crippen LogP contribution < -0.4 is 0 Å². The molecule has 0 aliphatic carbocycles. The van der Waals surface area contributed by atoms with E-state index in [4.69, 9.17) is 0 Å². The summed E-state index contributed by atoms with van der Waals surface area (Å²) in [5, 5.41) is 0. The number of esters is 1. The molecule has 0 atom stereocenters. The van der Waals surface area contributed by atoms with Gasteiger partial charge in [0.1, 0.15) is 0 Å². The number of methoxy groups -OCH3 is 1. The number of aromatic nitrogens is 1. The number of carbonyl (C=O) groups is 1. The standard InChI is InChI=1S/C9H11NO2S/c1-12-9(11)7-4-3-5-10-8(7)6-13-2/h3-5H,6H2,1-2H3. The lowest BCUT2D eigenvalue weighted by Gasteiger charge is -2.04. The topological polar surface area (TPSA) is 39.2 Å². The van der Waals surface area contributed by atoms with E-state index in [9.17, 15) is 4.79 Å². The van der Waals surface area contributed by atoms with Crippen LogP contribution in [0.1, 0.15) is 16.1 Å². The number of pyridine rings is 1. The maximum atomic E-state index is 11.2. The van der Waals surface area contributed by atoms with Crippen molar-refractivity contribution in [2.24, 2.45) is 0 Å². The molecular weight excluding hydrogens is 186 g/mol. The second-order valence-corrected chi connectivity index (χ2v) is 3.29. The molecule has 0 aliphatic heterocycles. The molecule has 1 rings (SSSR count). The summed E-state index contributed by atoms with van der Waals surface area (Å²) in [4.78, 5) is 15.4. The predicted octanol–water partition coefficient (Wildman–Crippen LogP) is 1.73. The van der Waals surface area contributed by atoms with Crippen LogP contribution in [0, 0.1) is 0 Å². The minimum Gasteiger partial charge on any atom is -0.465 e. The third kappa shape index (κ3) is 2.45. The minimum atomic E-state index is -0.322. The molecule has 0 spiro atoms. The van der Waals surface area contributed by atoms with Crippen LogP contribution in [-0.4, -0.2) is 24.3 Å². The third-order valence-electron chi connectivity index (χ3n) is 1.58. The van der Waals surface area contributed by atoms with E-state index in [0.29, 0.717) is 5.56 Å². The van der Waals surface area contributed by atoms with Gasteiger partial charge in [-0.1, -0.05) is 0 Å². The van der Waals surface area contributed by atoms with E-state index in [1.807, 2.05) is 6.26 Å². The molecule has 0 amide bonds. The molecule has 1 heterocycles. The van der Waals surface area contributed by atoms with E-state index < -0.39 is 0 Å². The Morgan fingerprint density at radius 3 is 3.08 bits per heavy atom. The Morgan fingerprint density at radius 1 is 1.69 bits per heavy atom. The van der Waals surface area contributed by atoms with Crippen LogP contribution in [0.4, 0.5) is 0 Å². The molecule has 0 saturated heterocycles. The fourth-order valence-corrected chi connectivity index (χ4v) is 1.49. The van der Waals surface area contributed by atoms with Gasteiger partial charge in [0.2, 0.25) is 0 Å². The first kappa shape index (κ1) is 10.1. The summed E-state index contributed by atoms with van der Waals surface area (Å²) in [6.07, 6.45) is 3.65. The van der Waals surface area contributed by atoms with Gasteiger partial charge in [0.05, 0.1) is 18.4 Å². The molecule has 0 radical (unpaired) electrons. The Labute approximate surface area is 81.5 Å². The summed E-state index contributed by atoms with van der Waals surface area (Å²) in [6.45, 7) is 0. The molecule has 0 bridgehead atoms. The molecule has 3 nitrogen and oxygen atoms in total. The molecule has 0 saturated carbocycles. The maximum absolute atomic E-state index is 11.2. The molecule has 4 heteroatoms. The van der Waals surface area contributed by atoms with Crippen molar-refractivity contribution in [1.29, 1.82) is 0 Å². The summed E-state index contributed by atoms with van der Waals surface area (Å²) in [6, 6.07) is 3.46. The fraction of sp³-hybridized carbons (Fsp3) is 0.333. The molecular formula is C9H11NO2S. The smallest absolute Gasteiger partial charge is 0.339 e. The van der Waals surface area contributed by atoms with Crippen LogP contribution in [0.15, 0.2) is 18.3 Å². The fourth-order valence-electron chi connectivity index (χ4n) is 0.986. The second-order valence-electron chi connectivity index (χ2n) is 2.42. The van der Waals surface area contributed by atoms with Crippen LogP contribution in [0.5, 0.6) is 0 Å². The van der Waals surface area contributed by atoms with E-state index >= 15 is 0 Å². The van der Waals surface area contributed by atoms with Gasteiger partial charge in [0.15, 0.2) is 0 Å². The summed E-state index contributed by atoms with van der Waals surface area (Å²) < 4.78 is 4.64. The predicted molar refractivity (Wildman–Crippen MR) is 52.8 cm³/mol. The zero-order chi connectivity index (χ0) is 9.68. The zero-order valence-corrected chi connectivity index (χ0v) is 8.43. The van der Waals surface area contributed by atoms with Crippen LogP contribution >= 0.6 is 11.8 Å². The van der Waals surface area contributed by atoms with Crippen LogP contribution in [0.25, 0.3) is 0 Å². The molecule has 1 aromatic rings. The number of nitrogens with zero attached hydrogens (tertiary/aromatic N) is 1. The van der Waals surface area contributed by atoms with Gasteiger partial charge in [-0.25, -0.2) is 4.79 Å². The van der Waals surface area contributed by atoms with Crippen molar-refractivity contribution in [3.05, 3.63) is 29.6 Å². The largest absolute Gasteiger partial charge is 0.465 e. The number of ether oxygens (including phenoxy) is 1. The van der Waals surface area contributed by atoms with Gasteiger partial charge in [-0.3, -0.25) is 4.98 Å². The highest BCUT2D eigenvalue weighted by molar-refractivity contribution is 7.97. The normalized spacial score (nSPS) is 9.69. The van der Waals surface area contributed by atoms with Crippen LogP contribution in [-0.2, 0) is 10.5 Å². The zero-order valence-electron chi connectivity index (χ0n) is 7.61. The molecule has 0 N–H and O–H groups in total. The lowest BCUT2D eigenvalue weighted by molar-refractivity contribution is 0.0599. The van der Waals surface area contributed by atoms with Gasteiger partial charge in [-0.15, -0.1) is 0 Å². The minimum absolute atomic E-state index is 0.322. The molecule has 0 aromatic carbocycles. The van der Waals surface area contributed by atoms with E-state index in [1.165, 1.54) is 7.11 Å². The quantitative estimate of drug-likeness (QED) is 0.692. The summed E-state index contributed by atoms with van der Waals surface area (Å²) in [5.41, 5.74) is 1.33. The first-order valence-corrected chi connectivity index (χ1v) is 5.20. The Morgan fingerprint density at radius 2 is 2.46 bits per heavy atom. The van der Waals surface area contributed by atoms with Gasteiger partial charge in [0.25, 0.3) is 0 Å². The SMILES string of the molecule is COC(=O)c1cccnc1CSC. The second kappa shape index (κ2) is 4.87. The number of hydrogen-bond acceptors (Lipinski definition) is 4. The molecule has 0 aliphatic rings. The lowest BCUT2D eigenvalue weighted by Crippen LogP contribution is -2.06. The van der Waals surface area contributed by atoms with Gasteiger partial charge in [0, 0.05) is 11.9 Å². The first-order valence-electron chi connectivity index (χ1n) is 3.80. The number of hydrogen-bond donors (Lipinski definition) is 0. The Bertz CT molecular complexity index is 301. The van der Waals surface area contributed by atoms with Crippen molar-refractivity contribution in [1.82, 2.24) is 4.98 Å². The van der Waals surface area contributed by atoms with Gasteiger partial charge in [-0.05, 0) is 18.4 Å². The van der Waals surface area contributed by atoms with Crippen LogP contribution in [0.2, 0.25) is 0 Å². The maximum Gasteiger partial charge on any atom is 0.339 e.